The summed E-state index contributed by atoms with van der Waals surface area (Å²) in [6.07, 6.45) is 0.595. The molecule has 0 aromatic heterocycles. The van der Waals surface area contributed by atoms with Crippen molar-refractivity contribution in [1.29, 1.82) is 0 Å². The zero-order valence-corrected chi connectivity index (χ0v) is 12.7. The van der Waals surface area contributed by atoms with E-state index < -0.39 is 11.3 Å². The van der Waals surface area contributed by atoms with Crippen molar-refractivity contribution in [2.24, 2.45) is 0 Å². The van der Waals surface area contributed by atoms with Gasteiger partial charge < -0.3 is 0 Å². The van der Waals surface area contributed by atoms with Gasteiger partial charge in [0.05, 0.1) is 4.90 Å². The van der Waals surface area contributed by atoms with E-state index in [4.69, 9.17) is 0 Å². The standard InChI is InChI=1S/C8H5Br3O3S/c9-8(10,11)15(13,14)7-3-1-2-6(4-7)5-12/h1-5H. The molecule has 15 heavy (non-hydrogen) atoms. The molecule has 0 heterocycles. The summed E-state index contributed by atoms with van der Waals surface area (Å²) in [6, 6.07) is 5.77. The number of carbonyl (C=O) groups is 1. The average Bonchev–Trinajstić information content (AvgIpc) is 2.16. The monoisotopic (exact) mass is 418 g/mol. The second kappa shape index (κ2) is 4.65. The van der Waals surface area contributed by atoms with Crippen LogP contribution in [0.3, 0.4) is 0 Å². The first-order chi connectivity index (χ1) is 6.79. The first kappa shape index (κ1) is 13.3. The summed E-state index contributed by atoms with van der Waals surface area (Å²) < 4.78 is 22.3. The Bertz CT molecular complexity index is 476. The fourth-order valence-corrected chi connectivity index (χ4v) is 3.39. The summed E-state index contributed by atoms with van der Waals surface area (Å²) in [6.45, 7) is 0. The SMILES string of the molecule is O=Cc1cccc(S(=O)(=O)C(Br)(Br)Br)c1. The zero-order chi connectivity index (χ0) is 11.7. The van der Waals surface area contributed by atoms with Crippen molar-refractivity contribution in [3.63, 3.8) is 0 Å². The quantitative estimate of drug-likeness (QED) is 0.545. The van der Waals surface area contributed by atoms with Crippen LogP contribution in [0.4, 0.5) is 0 Å². The fraction of sp³-hybridized carbons (Fsp3) is 0.125. The van der Waals surface area contributed by atoms with E-state index in [0.29, 0.717) is 11.8 Å². The van der Waals surface area contributed by atoms with Crippen LogP contribution in [0.5, 0.6) is 0 Å². The van der Waals surface area contributed by atoms with Crippen molar-refractivity contribution < 1.29 is 13.2 Å². The molecule has 0 saturated heterocycles. The molecule has 0 amide bonds. The van der Waals surface area contributed by atoms with Gasteiger partial charge in [0.2, 0.25) is 11.3 Å². The van der Waals surface area contributed by atoms with E-state index in [-0.39, 0.29) is 4.90 Å². The summed E-state index contributed by atoms with van der Waals surface area (Å²) in [5.74, 6) is 0. The number of benzene rings is 1. The van der Waals surface area contributed by atoms with Gasteiger partial charge in [-0.1, -0.05) is 12.1 Å². The normalized spacial score (nSPS) is 12.5. The molecular weight excluding hydrogens is 416 g/mol. The van der Waals surface area contributed by atoms with Gasteiger partial charge in [-0.05, 0) is 59.9 Å². The second-order valence-corrected chi connectivity index (χ2v) is 13.1. The topological polar surface area (TPSA) is 51.2 Å². The summed E-state index contributed by atoms with van der Waals surface area (Å²) in [4.78, 5) is 10.6. The van der Waals surface area contributed by atoms with E-state index in [1.54, 1.807) is 0 Å². The van der Waals surface area contributed by atoms with Gasteiger partial charge >= 0.3 is 0 Å². The summed E-state index contributed by atoms with van der Waals surface area (Å²) in [5, 5.41) is 0. The fourth-order valence-electron chi connectivity index (χ4n) is 0.889. The van der Waals surface area contributed by atoms with Crippen molar-refractivity contribution in [3.05, 3.63) is 29.8 Å². The molecular formula is C8H5Br3O3S. The van der Waals surface area contributed by atoms with Crippen LogP contribution < -0.4 is 0 Å². The molecule has 0 atom stereocenters. The van der Waals surface area contributed by atoms with E-state index in [1.807, 2.05) is 0 Å². The van der Waals surface area contributed by atoms with Gasteiger partial charge in [0.15, 0.2) is 0 Å². The van der Waals surface area contributed by atoms with Crippen molar-refractivity contribution >= 4 is 63.9 Å². The molecule has 0 aliphatic rings. The van der Waals surface area contributed by atoms with Crippen molar-refractivity contribution in [3.8, 4) is 0 Å². The lowest BCUT2D eigenvalue weighted by Gasteiger charge is -2.13. The lowest BCUT2D eigenvalue weighted by Crippen LogP contribution is -2.17. The van der Waals surface area contributed by atoms with Gasteiger partial charge in [-0.3, -0.25) is 4.79 Å². The Balaban J connectivity index is 3.34. The number of halogens is 3. The van der Waals surface area contributed by atoms with E-state index in [9.17, 15) is 13.2 Å². The number of aldehydes is 1. The third-order valence-corrected chi connectivity index (χ3v) is 6.93. The van der Waals surface area contributed by atoms with Crippen molar-refractivity contribution in [2.75, 3.05) is 0 Å². The van der Waals surface area contributed by atoms with E-state index in [1.165, 1.54) is 24.3 Å². The number of hydrogen-bond donors (Lipinski definition) is 0. The van der Waals surface area contributed by atoms with Crippen LogP contribution in [0.1, 0.15) is 10.4 Å². The molecule has 0 spiro atoms. The lowest BCUT2D eigenvalue weighted by molar-refractivity contribution is 0.112. The maximum absolute atomic E-state index is 11.9. The lowest BCUT2D eigenvalue weighted by atomic mass is 10.2. The minimum atomic E-state index is -3.62. The largest absolute Gasteiger partial charge is 0.298 e. The molecule has 0 aliphatic carbocycles. The van der Waals surface area contributed by atoms with Gasteiger partial charge in [-0.15, -0.1) is 0 Å². The number of sulfone groups is 1. The average molecular weight is 421 g/mol. The Morgan fingerprint density at radius 3 is 2.27 bits per heavy atom. The molecule has 1 aromatic rings. The number of alkyl halides is 3. The highest BCUT2D eigenvalue weighted by atomic mass is 80.0. The number of carbonyl (C=O) groups excluding carboxylic acids is 1. The maximum atomic E-state index is 11.9. The van der Waals surface area contributed by atoms with Gasteiger partial charge in [0.1, 0.15) is 6.29 Å². The van der Waals surface area contributed by atoms with Crippen molar-refractivity contribution in [1.82, 2.24) is 0 Å². The molecule has 0 unspecified atom stereocenters. The molecule has 0 aliphatic heterocycles. The van der Waals surface area contributed by atoms with Crippen LogP contribution in [0, 0.1) is 0 Å². The summed E-state index contributed by atoms with van der Waals surface area (Å²) in [7, 11) is -3.62. The van der Waals surface area contributed by atoms with Crippen molar-refractivity contribution in [2.45, 2.75) is 6.37 Å². The molecule has 1 rings (SSSR count). The smallest absolute Gasteiger partial charge is 0.239 e. The predicted molar refractivity (Wildman–Crippen MR) is 68.5 cm³/mol. The van der Waals surface area contributed by atoms with Gasteiger partial charge in [-0.2, -0.15) is 0 Å². The number of rotatable bonds is 2. The molecule has 82 valence electrons. The van der Waals surface area contributed by atoms with Gasteiger partial charge in [-0.25, -0.2) is 8.42 Å². The molecule has 0 fully saturated rings. The van der Waals surface area contributed by atoms with Crippen LogP contribution in [-0.4, -0.2) is 16.2 Å². The summed E-state index contributed by atoms with van der Waals surface area (Å²) >= 11 is 8.82. The Morgan fingerprint density at radius 1 is 1.20 bits per heavy atom. The summed E-state index contributed by atoms with van der Waals surface area (Å²) in [5.41, 5.74) is 0.313. The number of hydrogen-bond acceptors (Lipinski definition) is 3. The molecule has 7 heteroatoms. The molecule has 1 aromatic carbocycles. The van der Waals surface area contributed by atoms with E-state index in [0.717, 1.165) is 0 Å². The Labute approximate surface area is 113 Å². The van der Waals surface area contributed by atoms with Crippen LogP contribution in [-0.2, 0) is 9.84 Å². The minimum Gasteiger partial charge on any atom is -0.298 e. The van der Waals surface area contributed by atoms with Crippen LogP contribution in [0.15, 0.2) is 29.2 Å². The highest BCUT2D eigenvalue weighted by Gasteiger charge is 2.37. The van der Waals surface area contributed by atoms with E-state index in [2.05, 4.69) is 47.8 Å². The molecule has 0 bridgehead atoms. The highest BCUT2D eigenvalue weighted by molar-refractivity contribution is 9.42. The van der Waals surface area contributed by atoms with Crippen LogP contribution in [0.25, 0.3) is 0 Å². The highest BCUT2D eigenvalue weighted by Crippen LogP contribution is 2.43. The Hall–Kier alpha value is 0.280. The van der Waals surface area contributed by atoms with E-state index >= 15 is 0 Å². The zero-order valence-electron chi connectivity index (χ0n) is 7.15. The molecule has 0 radical (unpaired) electrons. The molecule has 0 N–H and O–H groups in total. The maximum Gasteiger partial charge on any atom is 0.239 e. The first-order valence-electron chi connectivity index (χ1n) is 3.65. The Morgan fingerprint density at radius 2 is 1.80 bits per heavy atom. The van der Waals surface area contributed by atoms with Crippen LogP contribution in [0.2, 0.25) is 0 Å². The minimum absolute atomic E-state index is 0.0534. The van der Waals surface area contributed by atoms with Gasteiger partial charge in [0.25, 0.3) is 0 Å². The third-order valence-electron chi connectivity index (χ3n) is 1.61. The molecule has 0 saturated carbocycles. The third kappa shape index (κ3) is 2.89. The second-order valence-electron chi connectivity index (χ2n) is 2.64. The molecule has 3 nitrogen and oxygen atoms in total. The van der Waals surface area contributed by atoms with Gasteiger partial charge in [0, 0.05) is 5.56 Å². The first-order valence-corrected chi connectivity index (χ1v) is 7.52. The van der Waals surface area contributed by atoms with Crippen LogP contribution >= 0.6 is 47.8 Å². The Kier molecular flexibility index (Phi) is 4.13. The predicted octanol–water partition coefficient (Wildman–Crippen LogP) is 3.07.